The zero-order valence-electron chi connectivity index (χ0n) is 10.6. The summed E-state index contributed by atoms with van der Waals surface area (Å²) in [5, 5.41) is 8.55. The first-order valence-electron chi connectivity index (χ1n) is 5.66. The van der Waals surface area contributed by atoms with E-state index in [0.29, 0.717) is 0 Å². The number of carbonyl (C=O) groups is 2. The van der Waals surface area contributed by atoms with Gasteiger partial charge < -0.3 is 10.0 Å². The second kappa shape index (κ2) is 6.47. The molecule has 1 N–H and O–H groups in total. The van der Waals surface area contributed by atoms with Crippen molar-refractivity contribution in [3.05, 3.63) is 28.8 Å². The number of pyridine rings is 1. The second-order valence-corrected chi connectivity index (χ2v) is 4.59. The molecule has 0 saturated carbocycles. The fourth-order valence-corrected chi connectivity index (χ4v) is 1.72. The maximum Gasteiger partial charge on any atom is 0.305 e. The number of hydrogen-bond donors (Lipinski definition) is 1. The third-order valence-electron chi connectivity index (χ3n) is 2.49. The molecule has 1 aromatic heterocycles. The van der Waals surface area contributed by atoms with Crippen molar-refractivity contribution in [2.45, 2.75) is 26.3 Å². The number of halogens is 2. The Balaban J connectivity index is 2.99. The summed E-state index contributed by atoms with van der Waals surface area (Å²) in [6.07, 6.45) is 0.723. The van der Waals surface area contributed by atoms with E-state index in [-0.39, 0.29) is 29.7 Å². The summed E-state index contributed by atoms with van der Waals surface area (Å²) in [6, 6.07) is 0.763. The van der Waals surface area contributed by atoms with Gasteiger partial charge >= 0.3 is 5.97 Å². The van der Waals surface area contributed by atoms with Gasteiger partial charge in [0.25, 0.3) is 5.91 Å². The van der Waals surface area contributed by atoms with E-state index in [1.807, 2.05) is 0 Å². The molecule has 5 nitrogen and oxygen atoms in total. The van der Waals surface area contributed by atoms with Gasteiger partial charge in [0, 0.05) is 12.6 Å². The van der Waals surface area contributed by atoms with Crippen LogP contribution >= 0.6 is 11.6 Å². The van der Waals surface area contributed by atoms with Gasteiger partial charge in [0.1, 0.15) is 11.0 Å². The lowest BCUT2D eigenvalue weighted by atomic mass is 10.2. The van der Waals surface area contributed by atoms with Gasteiger partial charge in [-0.05, 0) is 19.9 Å². The Kier molecular flexibility index (Phi) is 5.23. The third-order valence-corrected chi connectivity index (χ3v) is 2.79. The first kappa shape index (κ1) is 15.4. The molecule has 0 aliphatic rings. The molecule has 0 bridgehead atoms. The van der Waals surface area contributed by atoms with Gasteiger partial charge in [0.05, 0.1) is 18.2 Å². The number of aromatic nitrogens is 1. The van der Waals surface area contributed by atoms with Gasteiger partial charge in [0.2, 0.25) is 0 Å². The molecule has 1 rings (SSSR count). The largest absolute Gasteiger partial charge is 0.481 e. The van der Waals surface area contributed by atoms with Crippen LogP contribution in [0.2, 0.25) is 5.15 Å². The Morgan fingerprint density at radius 1 is 1.53 bits per heavy atom. The van der Waals surface area contributed by atoms with Crippen molar-refractivity contribution in [3.8, 4) is 0 Å². The molecule has 0 aliphatic carbocycles. The fourth-order valence-electron chi connectivity index (χ4n) is 1.54. The van der Waals surface area contributed by atoms with Gasteiger partial charge in [-0.2, -0.15) is 0 Å². The van der Waals surface area contributed by atoms with Crippen LogP contribution in [-0.4, -0.2) is 39.5 Å². The van der Waals surface area contributed by atoms with E-state index in [4.69, 9.17) is 16.7 Å². The third kappa shape index (κ3) is 4.17. The molecule has 0 radical (unpaired) electrons. The lowest BCUT2D eigenvalue weighted by Gasteiger charge is -2.26. The molecule has 0 spiro atoms. The first-order chi connectivity index (χ1) is 8.82. The van der Waals surface area contributed by atoms with Gasteiger partial charge in [0.15, 0.2) is 0 Å². The van der Waals surface area contributed by atoms with Crippen LogP contribution in [-0.2, 0) is 4.79 Å². The minimum absolute atomic E-state index is 0.0265. The molecule has 0 atom stereocenters. The Morgan fingerprint density at radius 2 is 2.16 bits per heavy atom. The Morgan fingerprint density at radius 3 is 2.68 bits per heavy atom. The van der Waals surface area contributed by atoms with Crippen molar-refractivity contribution in [1.82, 2.24) is 9.88 Å². The minimum atomic E-state index is -1.01. The maximum absolute atomic E-state index is 13.1. The van der Waals surface area contributed by atoms with Crippen LogP contribution in [0.4, 0.5) is 4.39 Å². The minimum Gasteiger partial charge on any atom is -0.481 e. The van der Waals surface area contributed by atoms with E-state index in [1.165, 1.54) is 4.90 Å². The highest BCUT2D eigenvalue weighted by Gasteiger charge is 2.22. The molecule has 7 heteroatoms. The summed E-state index contributed by atoms with van der Waals surface area (Å²) in [4.78, 5) is 27.7. The predicted molar refractivity (Wildman–Crippen MR) is 67.6 cm³/mol. The number of rotatable bonds is 5. The van der Waals surface area contributed by atoms with Crippen molar-refractivity contribution in [2.75, 3.05) is 6.54 Å². The highest BCUT2D eigenvalue weighted by Crippen LogP contribution is 2.17. The van der Waals surface area contributed by atoms with Crippen LogP contribution in [0.3, 0.4) is 0 Å². The van der Waals surface area contributed by atoms with E-state index in [9.17, 15) is 14.0 Å². The van der Waals surface area contributed by atoms with E-state index in [2.05, 4.69) is 4.98 Å². The van der Waals surface area contributed by atoms with E-state index in [0.717, 1.165) is 12.3 Å². The lowest BCUT2D eigenvalue weighted by molar-refractivity contribution is -0.137. The first-order valence-corrected chi connectivity index (χ1v) is 6.04. The SMILES string of the molecule is CC(C)N(CCC(=O)O)C(=O)c1cc(F)cnc1Cl. The maximum atomic E-state index is 13.1. The average molecular weight is 289 g/mol. The van der Waals surface area contributed by atoms with Crippen molar-refractivity contribution in [3.63, 3.8) is 0 Å². The Hall–Kier alpha value is -1.69. The van der Waals surface area contributed by atoms with Crippen LogP contribution in [0.5, 0.6) is 0 Å². The summed E-state index contributed by atoms with van der Waals surface area (Å²) >= 11 is 5.76. The normalized spacial score (nSPS) is 10.6. The average Bonchev–Trinajstić information content (AvgIpc) is 2.31. The topological polar surface area (TPSA) is 70.5 Å². The quantitative estimate of drug-likeness (QED) is 0.843. The number of amides is 1. The van der Waals surface area contributed by atoms with Gasteiger partial charge in [-0.3, -0.25) is 9.59 Å². The van der Waals surface area contributed by atoms with E-state index < -0.39 is 17.7 Å². The molecule has 0 unspecified atom stereocenters. The summed E-state index contributed by atoms with van der Waals surface area (Å²) in [6.45, 7) is 3.50. The Labute approximate surface area is 115 Å². The van der Waals surface area contributed by atoms with Gasteiger partial charge in [-0.1, -0.05) is 11.6 Å². The molecular formula is C12H14ClFN2O3. The molecule has 1 heterocycles. The highest BCUT2D eigenvalue weighted by molar-refractivity contribution is 6.32. The van der Waals surface area contributed by atoms with Crippen LogP contribution in [0.25, 0.3) is 0 Å². The van der Waals surface area contributed by atoms with Crippen molar-refractivity contribution >= 4 is 23.5 Å². The molecule has 104 valence electrons. The zero-order valence-corrected chi connectivity index (χ0v) is 11.3. The Bertz CT molecular complexity index is 494. The van der Waals surface area contributed by atoms with Crippen LogP contribution in [0.15, 0.2) is 12.3 Å². The summed E-state index contributed by atoms with van der Waals surface area (Å²) in [5.41, 5.74) is -0.0687. The van der Waals surface area contributed by atoms with Crippen molar-refractivity contribution in [2.24, 2.45) is 0 Å². The van der Waals surface area contributed by atoms with Crippen molar-refractivity contribution in [1.29, 1.82) is 0 Å². The number of carbonyl (C=O) groups excluding carboxylic acids is 1. The molecular weight excluding hydrogens is 275 g/mol. The molecule has 0 fully saturated rings. The van der Waals surface area contributed by atoms with Gasteiger partial charge in [-0.25, -0.2) is 9.37 Å². The number of hydrogen-bond acceptors (Lipinski definition) is 3. The monoisotopic (exact) mass is 288 g/mol. The summed E-state index contributed by atoms with van der Waals surface area (Å²) in [5.74, 6) is -2.22. The molecule has 0 aromatic carbocycles. The number of aliphatic carboxylic acids is 1. The number of carboxylic acids is 1. The predicted octanol–water partition coefficient (Wildman–Crippen LogP) is 2.20. The van der Waals surface area contributed by atoms with E-state index >= 15 is 0 Å². The van der Waals surface area contributed by atoms with Crippen molar-refractivity contribution < 1.29 is 19.1 Å². The lowest BCUT2D eigenvalue weighted by Crippen LogP contribution is -2.38. The highest BCUT2D eigenvalue weighted by atomic mass is 35.5. The zero-order chi connectivity index (χ0) is 14.6. The molecule has 19 heavy (non-hydrogen) atoms. The van der Waals surface area contributed by atoms with Crippen LogP contribution in [0, 0.1) is 5.82 Å². The number of carboxylic acid groups (broad SMARTS) is 1. The smallest absolute Gasteiger partial charge is 0.305 e. The number of nitrogens with zero attached hydrogens (tertiary/aromatic N) is 2. The molecule has 0 saturated heterocycles. The standard InChI is InChI=1S/C12H14ClFN2O3/c1-7(2)16(4-3-10(17)18)12(19)9-5-8(14)6-15-11(9)13/h5-7H,3-4H2,1-2H3,(H,17,18). The molecule has 1 aromatic rings. The van der Waals surface area contributed by atoms with Gasteiger partial charge in [-0.15, -0.1) is 0 Å². The summed E-state index contributed by atoms with van der Waals surface area (Å²) < 4.78 is 13.1. The van der Waals surface area contributed by atoms with Crippen LogP contribution < -0.4 is 0 Å². The van der Waals surface area contributed by atoms with Crippen LogP contribution in [0.1, 0.15) is 30.6 Å². The second-order valence-electron chi connectivity index (χ2n) is 4.23. The molecule has 0 aliphatic heterocycles. The molecule has 1 amide bonds. The summed E-state index contributed by atoms with van der Waals surface area (Å²) in [7, 11) is 0. The van der Waals surface area contributed by atoms with E-state index in [1.54, 1.807) is 13.8 Å². The fraction of sp³-hybridized carbons (Fsp3) is 0.417.